The highest BCUT2D eigenvalue weighted by Crippen LogP contribution is 2.14. The monoisotopic (exact) mass is 339 g/mol. The van der Waals surface area contributed by atoms with Crippen LogP contribution in [-0.4, -0.2) is 25.2 Å². The van der Waals surface area contributed by atoms with Gasteiger partial charge in [0.05, 0.1) is 17.6 Å². The van der Waals surface area contributed by atoms with Crippen LogP contribution < -0.4 is 11.1 Å². The summed E-state index contributed by atoms with van der Waals surface area (Å²) in [5.74, 6) is -1.02. The normalized spacial score (nSPS) is 11.2. The summed E-state index contributed by atoms with van der Waals surface area (Å²) in [4.78, 5) is 40.3. The van der Waals surface area contributed by atoms with Gasteiger partial charge in [-0.2, -0.15) is 0 Å². The number of pyridine rings is 1. The molecule has 0 spiro atoms. The Morgan fingerprint density at radius 1 is 1.12 bits per heavy atom. The van der Waals surface area contributed by atoms with Crippen LogP contribution >= 0.6 is 0 Å². The molecule has 7 heteroatoms. The molecule has 1 N–H and O–H groups in total. The standard InChI is InChI=1S/C18H17N3O4/c1-11(2)21-14-4-3-9-19-15(14)20(16(22)17(21)23)10-12-5-7-13(8-6-12)18(24)25/h3-9,11H,10H2,1-2H3,(H,24,25). The van der Waals surface area contributed by atoms with E-state index in [1.165, 1.54) is 21.3 Å². The van der Waals surface area contributed by atoms with Crippen molar-refractivity contribution in [2.24, 2.45) is 0 Å². The van der Waals surface area contributed by atoms with E-state index in [0.717, 1.165) is 0 Å². The summed E-state index contributed by atoms with van der Waals surface area (Å²) in [6.45, 7) is 3.81. The van der Waals surface area contributed by atoms with E-state index in [-0.39, 0.29) is 18.2 Å². The van der Waals surface area contributed by atoms with Gasteiger partial charge in [-0.25, -0.2) is 9.78 Å². The molecule has 0 aliphatic rings. The van der Waals surface area contributed by atoms with E-state index in [1.54, 1.807) is 30.5 Å². The minimum absolute atomic E-state index is 0.139. The van der Waals surface area contributed by atoms with Crippen LogP contribution in [0.4, 0.5) is 0 Å². The predicted octanol–water partition coefficient (Wildman–Crippen LogP) is 1.89. The molecule has 25 heavy (non-hydrogen) atoms. The lowest BCUT2D eigenvalue weighted by molar-refractivity contribution is 0.0697. The smallest absolute Gasteiger partial charge is 0.335 e. The summed E-state index contributed by atoms with van der Waals surface area (Å²) in [6.07, 6.45) is 1.57. The maximum atomic E-state index is 12.6. The van der Waals surface area contributed by atoms with Crippen LogP contribution in [0.25, 0.3) is 11.2 Å². The van der Waals surface area contributed by atoms with Crippen molar-refractivity contribution in [2.45, 2.75) is 26.4 Å². The summed E-state index contributed by atoms with van der Waals surface area (Å²) in [6, 6.07) is 9.49. The second-order valence-corrected chi connectivity index (χ2v) is 6.01. The maximum absolute atomic E-state index is 12.6. The van der Waals surface area contributed by atoms with Gasteiger partial charge < -0.3 is 5.11 Å². The summed E-state index contributed by atoms with van der Waals surface area (Å²) in [7, 11) is 0. The van der Waals surface area contributed by atoms with Crippen LogP contribution in [0.5, 0.6) is 0 Å². The number of fused-ring (bicyclic) bond motifs is 1. The molecule has 7 nitrogen and oxygen atoms in total. The van der Waals surface area contributed by atoms with Crippen LogP contribution in [-0.2, 0) is 6.54 Å². The molecule has 0 radical (unpaired) electrons. The Balaban J connectivity index is 2.18. The second kappa shape index (κ2) is 6.35. The van der Waals surface area contributed by atoms with Gasteiger partial charge >= 0.3 is 17.1 Å². The zero-order valence-electron chi connectivity index (χ0n) is 13.8. The summed E-state index contributed by atoms with van der Waals surface area (Å²) < 4.78 is 2.76. The van der Waals surface area contributed by atoms with E-state index in [4.69, 9.17) is 5.11 Å². The van der Waals surface area contributed by atoms with Crippen LogP contribution in [0.3, 0.4) is 0 Å². The van der Waals surface area contributed by atoms with E-state index in [1.807, 2.05) is 13.8 Å². The average Bonchev–Trinajstić information content (AvgIpc) is 2.59. The van der Waals surface area contributed by atoms with Gasteiger partial charge in [-0.3, -0.25) is 18.7 Å². The first-order chi connectivity index (χ1) is 11.9. The number of rotatable bonds is 4. The SMILES string of the molecule is CC(C)n1c(=O)c(=O)n(Cc2ccc(C(=O)O)cc2)c2ncccc21. The molecule has 0 saturated heterocycles. The molecule has 0 unspecified atom stereocenters. The molecule has 0 aliphatic heterocycles. The van der Waals surface area contributed by atoms with Crippen LogP contribution in [0.2, 0.25) is 0 Å². The Kier molecular flexibility index (Phi) is 4.22. The van der Waals surface area contributed by atoms with Crippen molar-refractivity contribution in [1.82, 2.24) is 14.1 Å². The minimum Gasteiger partial charge on any atom is -0.478 e. The lowest BCUT2D eigenvalue weighted by Crippen LogP contribution is -2.42. The molecule has 0 atom stereocenters. The largest absolute Gasteiger partial charge is 0.478 e. The molecule has 1 aromatic carbocycles. The highest BCUT2D eigenvalue weighted by molar-refractivity contribution is 5.87. The zero-order valence-corrected chi connectivity index (χ0v) is 13.8. The fourth-order valence-corrected chi connectivity index (χ4v) is 2.80. The molecule has 2 heterocycles. The van der Waals surface area contributed by atoms with E-state index in [2.05, 4.69) is 4.98 Å². The van der Waals surface area contributed by atoms with Gasteiger partial charge in [0.15, 0.2) is 5.65 Å². The molecule has 0 fully saturated rings. The Labute approximate surface area is 142 Å². The van der Waals surface area contributed by atoms with Crippen molar-refractivity contribution in [2.75, 3.05) is 0 Å². The summed E-state index contributed by atoms with van der Waals surface area (Å²) in [5, 5.41) is 8.96. The van der Waals surface area contributed by atoms with Crippen molar-refractivity contribution in [1.29, 1.82) is 0 Å². The average molecular weight is 339 g/mol. The quantitative estimate of drug-likeness (QED) is 0.733. The first kappa shape index (κ1) is 16.6. The van der Waals surface area contributed by atoms with Crippen LogP contribution in [0.1, 0.15) is 35.8 Å². The van der Waals surface area contributed by atoms with Crippen molar-refractivity contribution in [3.63, 3.8) is 0 Å². The minimum atomic E-state index is -1.02. The van der Waals surface area contributed by atoms with Gasteiger partial charge in [0, 0.05) is 12.2 Å². The molecule has 128 valence electrons. The van der Waals surface area contributed by atoms with Gasteiger partial charge in [-0.05, 0) is 43.7 Å². The first-order valence-electron chi connectivity index (χ1n) is 7.82. The molecular weight excluding hydrogens is 322 g/mol. The number of carbonyl (C=O) groups is 1. The molecule has 3 rings (SSSR count). The Bertz CT molecular complexity index is 1060. The van der Waals surface area contributed by atoms with Gasteiger partial charge in [0.1, 0.15) is 0 Å². The predicted molar refractivity (Wildman–Crippen MR) is 93.2 cm³/mol. The Morgan fingerprint density at radius 2 is 1.80 bits per heavy atom. The summed E-state index contributed by atoms with van der Waals surface area (Å²) in [5.41, 5.74) is 0.627. The van der Waals surface area contributed by atoms with Crippen molar-refractivity contribution < 1.29 is 9.90 Å². The number of benzene rings is 1. The van der Waals surface area contributed by atoms with Crippen LogP contribution in [0, 0.1) is 0 Å². The molecule has 2 aromatic heterocycles. The maximum Gasteiger partial charge on any atom is 0.335 e. The number of hydrogen-bond acceptors (Lipinski definition) is 4. The highest BCUT2D eigenvalue weighted by atomic mass is 16.4. The van der Waals surface area contributed by atoms with Crippen LogP contribution in [0.15, 0.2) is 52.2 Å². The number of hydrogen-bond donors (Lipinski definition) is 1. The van der Waals surface area contributed by atoms with Crippen molar-refractivity contribution in [3.05, 3.63) is 74.4 Å². The second-order valence-electron chi connectivity index (χ2n) is 6.01. The number of nitrogens with zero attached hydrogens (tertiary/aromatic N) is 3. The van der Waals surface area contributed by atoms with E-state index in [9.17, 15) is 14.4 Å². The van der Waals surface area contributed by atoms with Gasteiger partial charge in [0.25, 0.3) is 0 Å². The fraction of sp³-hybridized carbons (Fsp3) is 0.222. The zero-order chi connectivity index (χ0) is 18.1. The third kappa shape index (κ3) is 2.96. The number of aromatic carboxylic acids is 1. The number of carboxylic acids is 1. The third-order valence-electron chi connectivity index (χ3n) is 3.99. The van der Waals surface area contributed by atoms with Gasteiger partial charge in [-0.1, -0.05) is 12.1 Å². The van der Waals surface area contributed by atoms with E-state index in [0.29, 0.717) is 16.7 Å². The molecule has 0 bridgehead atoms. The molecule has 0 aliphatic carbocycles. The van der Waals surface area contributed by atoms with Gasteiger partial charge in [0.2, 0.25) is 0 Å². The highest BCUT2D eigenvalue weighted by Gasteiger charge is 2.16. The number of aromatic nitrogens is 3. The van der Waals surface area contributed by atoms with E-state index < -0.39 is 17.1 Å². The first-order valence-corrected chi connectivity index (χ1v) is 7.82. The molecule has 3 aromatic rings. The Hall–Kier alpha value is -3.22. The van der Waals surface area contributed by atoms with Gasteiger partial charge in [-0.15, -0.1) is 0 Å². The number of carboxylic acid groups (broad SMARTS) is 1. The Morgan fingerprint density at radius 3 is 2.40 bits per heavy atom. The van der Waals surface area contributed by atoms with Crippen molar-refractivity contribution >= 4 is 17.1 Å². The topological polar surface area (TPSA) is 94.2 Å². The third-order valence-corrected chi connectivity index (χ3v) is 3.99. The van der Waals surface area contributed by atoms with E-state index >= 15 is 0 Å². The lowest BCUT2D eigenvalue weighted by atomic mass is 10.1. The fourth-order valence-electron chi connectivity index (χ4n) is 2.80. The molecule has 0 amide bonds. The lowest BCUT2D eigenvalue weighted by Gasteiger charge is -2.16. The molecular formula is C18H17N3O4. The summed E-state index contributed by atoms with van der Waals surface area (Å²) >= 11 is 0. The molecule has 0 saturated carbocycles. The van der Waals surface area contributed by atoms with Crippen molar-refractivity contribution in [3.8, 4) is 0 Å².